The molecule has 2 unspecified atom stereocenters. The van der Waals surface area contributed by atoms with Crippen LogP contribution in [-0.4, -0.2) is 52.5 Å². The maximum absolute atomic E-state index is 14.2. The number of nitrogens with one attached hydrogen (secondary N) is 2. The highest BCUT2D eigenvalue weighted by atomic mass is 32.2. The van der Waals surface area contributed by atoms with Crippen molar-refractivity contribution in [3.05, 3.63) is 64.7 Å². The summed E-state index contributed by atoms with van der Waals surface area (Å²) in [5.74, 6) is 0.0171. The molecule has 2 rings (SSSR count). The van der Waals surface area contributed by atoms with E-state index in [4.69, 9.17) is 4.74 Å². The molecule has 3 amide bonds. The first kappa shape index (κ1) is 31.2. The van der Waals surface area contributed by atoms with E-state index in [2.05, 4.69) is 10.6 Å². The van der Waals surface area contributed by atoms with Crippen molar-refractivity contribution >= 4 is 35.4 Å². The minimum absolute atomic E-state index is 0.309. The van der Waals surface area contributed by atoms with Gasteiger partial charge in [-0.05, 0) is 96.6 Å². The number of hydrogen-bond acceptors (Lipinski definition) is 5. The van der Waals surface area contributed by atoms with E-state index in [1.54, 1.807) is 37.4 Å². The Labute approximate surface area is 232 Å². The Morgan fingerprint density at radius 3 is 2.24 bits per heavy atom. The molecular weight excluding hydrogens is 498 g/mol. The van der Waals surface area contributed by atoms with Gasteiger partial charge in [0.25, 0.3) is 5.91 Å². The van der Waals surface area contributed by atoms with E-state index in [-0.39, 0.29) is 17.9 Å². The fourth-order valence-corrected chi connectivity index (χ4v) is 4.66. The van der Waals surface area contributed by atoms with Crippen LogP contribution in [0.1, 0.15) is 69.3 Å². The van der Waals surface area contributed by atoms with Crippen LogP contribution in [0.5, 0.6) is 0 Å². The molecule has 0 heterocycles. The molecule has 0 saturated heterocycles. The van der Waals surface area contributed by atoms with Crippen molar-refractivity contribution in [1.29, 1.82) is 0 Å². The van der Waals surface area contributed by atoms with E-state index in [0.717, 1.165) is 22.3 Å². The first-order chi connectivity index (χ1) is 17.7. The molecule has 8 heteroatoms. The fourth-order valence-electron chi connectivity index (χ4n) is 4.19. The van der Waals surface area contributed by atoms with Crippen LogP contribution in [0, 0.1) is 20.8 Å². The van der Waals surface area contributed by atoms with Gasteiger partial charge in [-0.3, -0.25) is 9.59 Å². The molecule has 0 aliphatic carbocycles. The van der Waals surface area contributed by atoms with Crippen LogP contribution in [0.4, 0.5) is 10.5 Å². The number of carbonyl (C=O) groups excluding carboxylic acids is 3. The lowest BCUT2D eigenvalue weighted by Gasteiger charge is -2.38. The van der Waals surface area contributed by atoms with Crippen LogP contribution in [0.15, 0.2) is 42.5 Å². The molecule has 0 radical (unpaired) electrons. The molecule has 2 atom stereocenters. The first-order valence-corrected chi connectivity index (χ1v) is 14.4. The highest BCUT2D eigenvalue weighted by Crippen LogP contribution is 2.30. The van der Waals surface area contributed by atoms with Crippen LogP contribution in [-0.2, 0) is 14.3 Å². The van der Waals surface area contributed by atoms with E-state index in [0.29, 0.717) is 17.9 Å². The van der Waals surface area contributed by atoms with Gasteiger partial charge in [0, 0.05) is 11.7 Å². The Balaban J connectivity index is 2.57. The van der Waals surface area contributed by atoms with Gasteiger partial charge in [-0.15, -0.1) is 0 Å². The molecule has 0 aromatic heterocycles. The van der Waals surface area contributed by atoms with Crippen molar-refractivity contribution in [2.24, 2.45) is 0 Å². The van der Waals surface area contributed by atoms with Crippen LogP contribution in [0.3, 0.4) is 0 Å². The largest absolute Gasteiger partial charge is 0.444 e. The smallest absolute Gasteiger partial charge is 0.408 e. The Hall–Kier alpha value is -3.00. The number of alkyl carbamates (subject to hydrolysis) is 1. The lowest BCUT2D eigenvalue weighted by Crippen LogP contribution is -2.54. The second-order valence-corrected chi connectivity index (χ2v) is 11.9. The monoisotopic (exact) mass is 541 g/mol. The summed E-state index contributed by atoms with van der Waals surface area (Å²) in [5.41, 5.74) is 3.55. The third kappa shape index (κ3) is 8.79. The van der Waals surface area contributed by atoms with Crippen molar-refractivity contribution < 1.29 is 19.1 Å². The van der Waals surface area contributed by atoms with Gasteiger partial charge in [-0.1, -0.05) is 42.0 Å². The van der Waals surface area contributed by atoms with Crippen molar-refractivity contribution in [2.45, 2.75) is 85.5 Å². The summed E-state index contributed by atoms with van der Waals surface area (Å²) in [6.45, 7) is 14.9. The first-order valence-electron chi connectivity index (χ1n) is 13.0. The Kier molecular flexibility index (Phi) is 11.2. The Morgan fingerprint density at radius 1 is 1.00 bits per heavy atom. The van der Waals surface area contributed by atoms with Gasteiger partial charge < -0.3 is 20.3 Å². The average Bonchev–Trinajstić information content (AvgIpc) is 2.81. The van der Waals surface area contributed by atoms with Gasteiger partial charge in [0.2, 0.25) is 5.91 Å². The molecule has 0 spiro atoms. The van der Waals surface area contributed by atoms with Crippen molar-refractivity contribution in [1.82, 2.24) is 10.2 Å². The minimum atomic E-state index is -0.903. The lowest BCUT2D eigenvalue weighted by molar-refractivity contribution is -0.143. The van der Waals surface area contributed by atoms with Gasteiger partial charge in [-0.2, -0.15) is 11.8 Å². The van der Waals surface area contributed by atoms with Gasteiger partial charge >= 0.3 is 6.09 Å². The minimum Gasteiger partial charge on any atom is -0.444 e. The number of hydrogen-bond donors (Lipinski definition) is 2. The molecule has 38 heavy (non-hydrogen) atoms. The average molecular weight is 542 g/mol. The third-order valence-electron chi connectivity index (χ3n) is 6.07. The Morgan fingerprint density at radius 2 is 1.66 bits per heavy atom. The molecule has 2 aromatic carbocycles. The summed E-state index contributed by atoms with van der Waals surface area (Å²) in [7, 11) is 0. The number of anilines is 1. The summed E-state index contributed by atoms with van der Waals surface area (Å²) in [6.07, 6.45) is 1.69. The summed E-state index contributed by atoms with van der Waals surface area (Å²) in [4.78, 5) is 42.5. The standard InChI is InChI=1S/C30H43N3O4S/c1-19(2)33(28(35)25(16-17-38-9)32-29(36)37-30(6,7)8)26(23-18-20(3)14-15-21(23)4)27(34)31-24-13-11-10-12-22(24)5/h10-15,18-19,25-26H,16-17H2,1-9H3,(H,31,34)(H,32,36). The molecular formula is C30H43N3O4S. The molecule has 0 fully saturated rings. The highest BCUT2D eigenvalue weighted by Gasteiger charge is 2.38. The summed E-state index contributed by atoms with van der Waals surface area (Å²) < 4.78 is 5.45. The van der Waals surface area contributed by atoms with E-state index >= 15 is 0 Å². The summed E-state index contributed by atoms with van der Waals surface area (Å²) in [5, 5.41) is 5.83. The van der Waals surface area contributed by atoms with Crippen molar-refractivity contribution in [2.75, 3.05) is 17.3 Å². The predicted molar refractivity (Wildman–Crippen MR) is 157 cm³/mol. The third-order valence-corrected chi connectivity index (χ3v) is 6.71. The van der Waals surface area contributed by atoms with Gasteiger partial charge in [0.1, 0.15) is 17.7 Å². The van der Waals surface area contributed by atoms with Crippen LogP contribution < -0.4 is 10.6 Å². The zero-order valence-electron chi connectivity index (χ0n) is 24.2. The SMILES string of the molecule is CSCCC(NC(=O)OC(C)(C)C)C(=O)N(C(C)C)C(C(=O)Nc1ccccc1C)c1cc(C)ccc1C. The number of carbonyl (C=O) groups is 3. The number of nitrogens with zero attached hydrogens (tertiary/aromatic N) is 1. The molecule has 0 bridgehead atoms. The Bertz CT molecular complexity index is 1130. The normalized spacial score (nSPS) is 13.0. The quantitative estimate of drug-likeness (QED) is 0.375. The number of benzene rings is 2. The molecule has 0 aliphatic heterocycles. The zero-order chi connectivity index (χ0) is 28.6. The molecule has 0 aliphatic rings. The number of amides is 3. The molecule has 7 nitrogen and oxygen atoms in total. The lowest BCUT2D eigenvalue weighted by atomic mass is 9.95. The second-order valence-electron chi connectivity index (χ2n) is 10.9. The van der Waals surface area contributed by atoms with Crippen LogP contribution in [0.2, 0.25) is 0 Å². The number of para-hydroxylation sites is 1. The topological polar surface area (TPSA) is 87.7 Å². The van der Waals surface area contributed by atoms with E-state index in [1.165, 1.54) is 0 Å². The molecule has 0 saturated carbocycles. The van der Waals surface area contributed by atoms with Gasteiger partial charge in [0.15, 0.2) is 0 Å². The molecule has 2 N–H and O–H groups in total. The van der Waals surface area contributed by atoms with E-state index in [1.807, 2.05) is 83.3 Å². The second kappa shape index (κ2) is 13.7. The number of thioether (sulfide) groups is 1. The molecule has 208 valence electrons. The van der Waals surface area contributed by atoms with Gasteiger partial charge in [-0.25, -0.2) is 4.79 Å². The van der Waals surface area contributed by atoms with E-state index in [9.17, 15) is 14.4 Å². The number of aryl methyl sites for hydroxylation is 3. The predicted octanol–water partition coefficient (Wildman–Crippen LogP) is 6.18. The maximum atomic E-state index is 14.2. The summed E-state index contributed by atoms with van der Waals surface area (Å²) in [6, 6.07) is 11.4. The van der Waals surface area contributed by atoms with Gasteiger partial charge in [0.05, 0.1) is 0 Å². The van der Waals surface area contributed by atoms with Crippen molar-refractivity contribution in [3.63, 3.8) is 0 Å². The fraction of sp³-hybridized carbons (Fsp3) is 0.500. The summed E-state index contributed by atoms with van der Waals surface area (Å²) >= 11 is 1.58. The van der Waals surface area contributed by atoms with E-state index < -0.39 is 23.8 Å². The van der Waals surface area contributed by atoms with Crippen LogP contribution >= 0.6 is 11.8 Å². The van der Waals surface area contributed by atoms with Crippen molar-refractivity contribution in [3.8, 4) is 0 Å². The highest BCUT2D eigenvalue weighted by molar-refractivity contribution is 7.98. The maximum Gasteiger partial charge on any atom is 0.408 e. The zero-order valence-corrected chi connectivity index (χ0v) is 25.0. The van der Waals surface area contributed by atoms with Crippen LogP contribution in [0.25, 0.3) is 0 Å². The number of ether oxygens (including phenoxy) is 1. The molecule has 2 aromatic rings. The number of rotatable bonds is 10.